The number of aromatic nitrogens is 3. The molecule has 9 nitrogen and oxygen atoms in total. The standard InChI is InChI=1S/C27H20N6O3S/c1-32(20-6-4-3-5-7-20)33-23-14-19(12-13-21(23)30-24(25(33)34)26(35)36-2)29-27-31-22(16-37-27)18-10-8-17(15-28)9-11-18/h3-14,16H,1-2H3,(H,29,31). The van der Waals surface area contributed by atoms with Crippen molar-refractivity contribution in [2.24, 2.45) is 0 Å². The second-order valence-electron chi connectivity index (χ2n) is 7.98. The number of hydrogen-bond donors (Lipinski definition) is 1. The van der Waals surface area contributed by atoms with Crippen LogP contribution in [0.5, 0.6) is 0 Å². The van der Waals surface area contributed by atoms with Gasteiger partial charge in [0.25, 0.3) is 0 Å². The van der Waals surface area contributed by atoms with Crippen LogP contribution in [0.1, 0.15) is 16.1 Å². The summed E-state index contributed by atoms with van der Waals surface area (Å²) in [7, 11) is 2.95. The van der Waals surface area contributed by atoms with Crippen LogP contribution in [0.15, 0.2) is 83.0 Å². The topological polar surface area (TPSA) is 113 Å². The van der Waals surface area contributed by atoms with Gasteiger partial charge in [-0.25, -0.2) is 19.4 Å². The number of carbonyl (C=O) groups is 1. The van der Waals surface area contributed by atoms with Crippen LogP contribution in [0.3, 0.4) is 0 Å². The van der Waals surface area contributed by atoms with E-state index in [9.17, 15) is 9.59 Å². The minimum absolute atomic E-state index is 0.300. The van der Waals surface area contributed by atoms with Crippen molar-refractivity contribution in [3.05, 3.63) is 99.8 Å². The van der Waals surface area contributed by atoms with E-state index in [-0.39, 0.29) is 5.69 Å². The molecule has 182 valence electrons. The summed E-state index contributed by atoms with van der Waals surface area (Å²) in [5, 5.41) is 16.5. The number of para-hydroxylation sites is 1. The molecular formula is C27H20N6O3S. The third-order valence-corrected chi connectivity index (χ3v) is 6.46. The van der Waals surface area contributed by atoms with Crippen molar-refractivity contribution < 1.29 is 9.53 Å². The Morgan fingerprint density at radius 2 is 1.84 bits per heavy atom. The third kappa shape index (κ3) is 4.63. The first-order valence-corrected chi connectivity index (χ1v) is 12.0. The van der Waals surface area contributed by atoms with Crippen molar-refractivity contribution in [3.63, 3.8) is 0 Å². The quantitative estimate of drug-likeness (QED) is 0.325. The van der Waals surface area contributed by atoms with Crippen LogP contribution >= 0.6 is 11.3 Å². The molecule has 0 saturated carbocycles. The largest absolute Gasteiger partial charge is 0.464 e. The summed E-state index contributed by atoms with van der Waals surface area (Å²) in [6, 6.07) is 24.0. The number of anilines is 3. The molecular weight excluding hydrogens is 488 g/mol. The molecule has 3 aromatic carbocycles. The summed E-state index contributed by atoms with van der Waals surface area (Å²) in [6.07, 6.45) is 0. The lowest BCUT2D eigenvalue weighted by molar-refractivity contribution is 0.0591. The minimum atomic E-state index is -0.803. The Bertz CT molecular complexity index is 1710. The smallest absolute Gasteiger partial charge is 0.362 e. The number of methoxy groups -OCH3 is 1. The van der Waals surface area contributed by atoms with Gasteiger partial charge in [-0.2, -0.15) is 5.26 Å². The van der Waals surface area contributed by atoms with Crippen LogP contribution in [0.2, 0.25) is 0 Å². The number of benzene rings is 3. The molecule has 2 heterocycles. The number of fused-ring (bicyclic) bond motifs is 1. The summed E-state index contributed by atoms with van der Waals surface area (Å²) >= 11 is 1.43. The first-order chi connectivity index (χ1) is 18.0. The first kappa shape index (κ1) is 23.7. The van der Waals surface area contributed by atoms with Crippen molar-refractivity contribution in [3.8, 4) is 17.3 Å². The van der Waals surface area contributed by atoms with Gasteiger partial charge in [0.15, 0.2) is 5.13 Å². The number of ether oxygens (including phenoxy) is 1. The van der Waals surface area contributed by atoms with Crippen LogP contribution in [0.25, 0.3) is 22.3 Å². The van der Waals surface area contributed by atoms with Crippen molar-refractivity contribution in [1.29, 1.82) is 5.26 Å². The van der Waals surface area contributed by atoms with Crippen molar-refractivity contribution >= 4 is 44.8 Å². The normalized spacial score (nSPS) is 10.6. The molecule has 0 saturated heterocycles. The molecule has 0 spiro atoms. The fraction of sp³-hybridized carbons (Fsp3) is 0.0741. The molecule has 5 rings (SSSR count). The maximum absolute atomic E-state index is 13.4. The maximum Gasteiger partial charge on any atom is 0.362 e. The molecule has 0 fully saturated rings. The van der Waals surface area contributed by atoms with E-state index in [4.69, 9.17) is 10.00 Å². The lowest BCUT2D eigenvalue weighted by atomic mass is 10.1. The fourth-order valence-corrected chi connectivity index (χ4v) is 4.57. The van der Waals surface area contributed by atoms with Gasteiger partial charge in [-0.3, -0.25) is 9.80 Å². The van der Waals surface area contributed by atoms with Gasteiger partial charge in [0, 0.05) is 23.7 Å². The SMILES string of the molecule is COC(=O)c1nc2ccc(Nc3nc(-c4ccc(C#N)cc4)cs3)cc2n(N(C)c2ccccc2)c1=O. The highest BCUT2D eigenvalue weighted by atomic mass is 32.1. The van der Waals surface area contributed by atoms with Gasteiger partial charge >= 0.3 is 11.5 Å². The van der Waals surface area contributed by atoms with Crippen molar-refractivity contribution in [2.45, 2.75) is 0 Å². The molecule has 0 aliphatic rings. The highest BCUT2D eigenvalue weighted by molar-refractivity contribution is 7.14. The molecule has 0 unspecified atom stereocenters. The minimum Gasteiger partial charge on any atom is -0.464 e. The summed E-state index contributed by atoms with van der Waals surface area (Å²) in [5.74, 6) is -0.803. The fourth-order valence-electron chi connectivity index (χ4n) is 3.83. The van der Waals surface area contributed by atoms with Gasteiger partial charge in [0.1, 0.15) is 0 Å². The number of nitrogens with zero attached hydrogens (tertiary/aromatic N) is 5. The Balaban J connectivity index is 1.55. The number of nitriles is 1. The monoisotopic (exact) mass is 508 g/mol. The maximum atomic E-state index is 13.4. The number of esters is 1. The molecule has 0 bridgehead atoms. The van der Waals surface area contributed by atoms with Crippen molar-refractivity contribution in [1.82, 2.24) is 14.6 Å². The average Bonchev–Trinajstić information content (AvgIpc) is 3.41. The van der Waals surface area contributed by atoms with Crippen LogP contribution in [-0.2, 0) is 4.74 Å². The third-order valence-electron chi connectivity index (χ3n) is 5.70. The Labute approximate surface area is 215 Å². The van der Waals surface area contributed by atoms with E-state index in [2.05, 4.69) is 21.4 Å². The number of hydrogen-bond acceptors (Lipinski definition) is 9. The Morgan fingerprint density at radius 3 is 2.54 bits per heavy atom. The van der Waals surface area contributed by atoms with Crippen LogP contribution in [0, 0.1) is 11.3 Å². The number of rotatable bonds is 6. The molecule has 0 radical (unpaired) electrons. The van der Waals surface area contributed by atoms with Crippen molar-refractivity contribution in [2.75, 3.05) is 24.5 Å². The lowest BCUT2D eigenvalue weighted by Crippen LogP contribution is -2.39. The van der Waals surface area contributed by atoms with Gasteiger partial charge < -0.3 is 10.1 Å². The summed E-state index contributed by atoms with van der Waals surface area (Å²) in [6.45, 7) is 0. The van der Waals surface area contributed by atoms with E-state index < -0.39 is 11.5 Å². The van der Waals surface area contributed by atoms with Gasteiger partial charge in [-0.05, 0) is 42.5 Å². The predicted molar refractivity (Wildman–Crippen MR) is 143 cm³/mol. The summed E-state index contributed by atoms with van der Waals surface area (Å²) in [4.78, 5) is 34.6. The molecule has 0 atom stereocenters. The van der Waals surface area contributed by atoms with Gasteiger partial charge in [0.2, 0.25) is 5.69 Å². The van der Waals surface area contributed by atoms with E-state index in [1.807, 2.05) is 47.8 Å². The average molecular weight is 509 g/mol. The number of carbonyl (C=O) groups excluding carboxylic acids is 1. The van der Waals surface area contributed by atoms with E-state index >= 15 is 0 Å². The molecule has 0 aliphatic heterocycles. The van der Waals surface area contributed by atoms with Crippen LogP contribution in [0.4, 0.5) is 16.5 Å². The molecule has 0 amide bonds. The second kappa shape index (κ2) is 9.93. The van der Waals surface area contributed by atoms with E-state index in [0.717, 1.165) is 16.9 Å². The van der Waals surface area contributed by atoms with E-state index in [0.29, 0.717) is 27.4 Å². The lowest BCUT2D eigenvalue weighted by Gasteiger charge is -2.24. The zero-order chi connectivity index (χ0) is 25.9. The van der Waals surface area contributed by atoms with Gasteiger partial charge in [-0.1, -0.05) is 30.3 Å². The van der Waals surface area contributed by atoms with E-state index in [1.54, 1.807) is 42.4 Å². The predicted octanol–water partition coefficient (Wildman–Crippen LogP) is 4.82. The Hall–Kier alpha value is -5.01. The van der Waals surface area contributed by atoms with Gasteiger partial charge in [-0.15, -0.1) is 11.3 Å². The second-order valence-corrected chi connectivity index (χ2v) is 8.84. The number of nitrogens with one attached hydrogen (secondary N) is 1. The zero-order valence-electron chi connectivity index (χ0n) is 19.9. The number of thiazole rings is 1. The van der Waals surface area contributed by atoms with Gasteiger partial charge in [0.05, 0.1) is 41.2 Å². The summed E-state index contributed by atoms with van der Waals surface area (Å²) < 4.78 is 6.19. The molecule has 0 aliphatic carbocycles. The van der Waals surface area contributed by atoms with Crippen LogP contribution < -0.4 is 15.9 Å². The van der Waals surface area contributed by atoms with Crippen LogP contribution in [-0.4, -0.2) is 34.8 Å². The Morgan fingerprint density at radius 1 is 1.08 bits per heavy atom. The van der Waals surface area contributed by atoms with E-state index in [1.165, 1.54) is 23.1 Å². The molecule has 37 heavy (non-hydrogen) atoms. The molecule has 5 aromatic rings. The molecule has 1 N–H and O–H groups in total. The first-order valence-electron chi connectivity index (χ1n) is 11.2. The summed E-state index contributed by atoms with van der Waals surface area (Å²) in [5.41, 5.74) is 3.76. The Kier molecular flexibility index (Phi) is 6.36. The highest BCUT2D eigenvalue weighted by Crippen LogP contribution is 2.29. The zero-order valence-corrected chi connectivity index (χ0v) is 20.7. The molecule has 10 heteroatoms. The molecule has 2 aromatic heterocycles. The highest BCUT2D eigenvalue weighted by Gasteiger charge is 2.21.